The van der Waals surface area contributed by atoms with E-state index in [1.165, 1.54) is 28.8 Å². The van der Waals surface area contributed by atoms with Gasteiger partial charge in [-0.25, -0.2) is 27.2 Å². The summed E-state index contributed by atoms with van der Waals surface area (Å²) >= 11 is 6.81. The van der Waals surface area contributed by atoms with Gasteiger partial charge in [0.15, 0.2) is 15.5 Å². The number of fused-ring (bicyclic) bond motifs is 1. The van der Waals surface area contributed by atoms with Gasteiger partial charge in [0.25, 0.3) is 0 Å². The van der Waals surface area contributed by atoms with Crippen LogP contribution in [0.15, 0.2) is 58.9 Å². The summed E-state index contributed by atoms with van der Waals surface area (Å²) in [6.45, 7) is 13.8. The zero-order chi connectivity index (χ0) is 33.0. The zero-order valence-electron chi connectivity index (χ0n) is 25.9. The van der Waals surface area contributed by atoms with Crippen LogP contribution in [-0.4, -0.2) is 70.2 Å². The van der Waals surface area contributed by atoms with E-state index in [0.717, 1.165) is 17.9 Å². The van der Waals surface area contributed by atoms with Crippen LogP contribution in [0.3, 0.4) is 0 Å². The third-order valence-corrected chi connectivity index (χ3v) is 9.48. The molecule has 0 N–H and O–H groups in total. The van der Waals surface area contributed by atoms with Gasteiger partial charge in [-0.1, -0.05) is 38.1 Å². The second-order valence-corrected chi connectivity index (χ2v) is 14.1. The number of hydrogen-bond donors (Lipinski definition) is 0. The Morgan fingerprint density at radius 3 is 2.51 bits per heavy atom. The highest BCUT2D eigenvalue weighted by molar-refractivity contribution is 7.90. The highest BCUT2D eigenvalue weighted by Crippen LogP contribution is 2.38. The molecule has 10 nitrogen and oxygen atoms in total. The summed E-state index contributed by atoms with van der Waals surface area (Å²) < 4.78 is 42.3. The lowest BCUT2D eigenvalue weighted by atomic mass is 10.0. The van der Waals surface area contributed by atoms with Crippen molar-refractivity contribution >= 4 is 44.2 Å². The number of halogens is 2. The molecule has 0 saturated carbocycles. The number of nitrogens with zero attached hydrogens (tertiary/aromatic N) is 6. The molecule has 0 spiro atoms. The van der Waals surface area contributed by atoms with Crippen LogP contribution < -0.4 is 10.6 Å². The van der Waals surface area contributed by atoms with Crippen LogP contribution in [0.5, 0.6) is 0 Å². The van der Waals surface area contributed by atoms with Crippen molar-refractivity contribution in [2.45, 2.75) is 57.5 Å². The molecular formula is C32H34ClFN6O4S. The molecule has 0 unspecified atom stereocenters. The number of pyridine rings is 2. The molecule has 3 aromatic heterocycles. The number of anilines is 1. The quantitative estimate of drug-likeness (QED) is 0.265. The molecule has 1 aromatic carbocycles. The number of sulfone groups is 1. The topological polar surface area (TPSA) is 118 Å². The average molecular weight is 653 g/mol. The number of carbonyl (C=O) groups is 1. The molecule has 236 valence electrons. The van der Waals surface area contributed by atoms with Crippen molar-refractivity contribution in [3.05, 3.63) is 81.8 Å². The van der Waals surface area contributed by atoms with Crippen LogP contribution in [0.2, 0.25) is 5.02 Å². The normalized spacial score (nSPS) is 17.3. The number of hydrogen-bond acceptors (Lipinski definition) is 8. The molecule has 5 rings (SSSR count). The fourth-order valence-electron chi connectivity index (χ4n) is 5.88. The number of carbonyl (C=O) groups excluding carboxylic acids is 1. The Morgan fingerprint density at radius 2 is 1.87 bits per heavy atom. The van der Waals surface area contributed by atoms with Crippen LogP contribution in [0.25, 0.3) is 28.0 Å². The van der Waals surface area contributed by atoms with Gasteiger partial charge >= 0.3 is 5.69 Å². The molecule has 0 aliphatic carbocycles. The molecule has 1 fully saturated rings. The van der Waals surface area contributed by atoms with Crippen molar-refractivity contribution in [3.63, 3.8) is 0 Å². The molecule has 1 saturated heterocycles. The van der Waals surface area contributed by atoms with Crippen molar-refractivity contribution in [1.29, 1.82) is 0 Å². The fourth-order valence-corrected chi connectivity index (χ4v) is 7.01. The van der Waals surface area contributed by atoms with Gasteiger partial charge in [-0.2, -0.15) is 4.98 Å². The van der Waals surface area contributed by atoms with E-state index in [1.54, 1.807) is 17.2 Å². The monoisotopic (exact) mass is 652 g/mol. The van der Waals surface area contributed by atoms with Gasteiger partial charge in [0.1, 0.15) is 11.6 Å². The molecule has 1 aliphatic rings. The standard InChI is InChI=1S/C32H34ClFN6O4S/c1-8-25(41)38-15-20(6)39(16-19(38)5)30-21-14-22(33)28(26-23(34)10-9-11-24(26)45(7,43)44)36-31(21)40(32(42)37-30)29-18(4)12-13-35-27(29)17(2)3/h8-14,17,19-20H,1,15-16H2,2-7H3/t19-,20+/m1/s1. The Balaban J connectivity index is 1.89. The SMILES string of the molecule is C=CC(=O)N1C[C@H](C)N(c2nc(=O)n(-c3c(C)ccnc3C(C)C)c3nc(-c4c(F)cccc4S(C)(=O)=O)c(Cl)cc23)C[C@H]1C. The van der Waals surface area contributed by atoms with Gasteiger partial charge in [-0.05, 0) is 62.6 Å². The molecule has 1 aliphatic heterocycles. The second kappa shape index (κ2) is 12.0. The highest BCUT2D eigenvalue weighted by Gasteiger charge is 2.34. The van der Waals surface area contributed by atoms with E-state index < -0.39 is 21.3 Å². The number of amides is 1. The van der Waals surface area contributed by atoms with E-state index in [4.69, 9.17) is 16.6 Å². The van der Waals surface area contributed by atoms with E-state index in [1.807, 2.05) is 39.5 Å². The molecule has 1 amide bonds. The predicted octanol–water partition coefficient (Wildman–Crippen LogP) is 5.08. The highest BCUT2D eigenvalue weighted by atomic mass is 35.5. The minimum atomic E-state index is -3.90. The summed E-state index contributed by atoms with van der Waals surface area (Å²) in [7, 11) is -3.90. The Morgan fingerprint density at radius 1 is 1.16 bits per heavy atom. The summed E-state index contributed by atoms with van der Waals surface area (Å²) in [5.41, 5.74) is 0.839. The molecule has 4 heterocycles. The largest absolute Gasteiger partial charge is 0.355 e. The first kappa shape index (κ1) is 32.2. The minimum absolute atomic E-state index is 0.0288. The Kier molecular flexibility index (Phi) is 8.58. The van der Waals surface area contributed by atoms with E-state index >= 15 is 4.39 Å². The lowest BCUT2D eigenvalue weighted by Crippen LogP contribution is -2.58. The van der Waals surface area contributed by atoms with Gasteiger partial charge in [0.2, 0.25) is 5.91 Å². The number of piperazine rings is 1. The third kappa shape index (κ3) is 5.72. The Bertz CT molecular complexity index is 2030. The van der Waals surface area contributed by atoms with E-state index in [-0.39, 0.29) is 50.7 Å². The van der Waals surface area contributed by atoms with Crippen LogP contribution in [0, 0.1) is 12.7 Å². The molecule has 2 atom stereocenters. The summed E-state index contributed by atoms with van der Waals surface area (Å²) in [4.78, 5) is 43.9. The van der Waals surface area contributed by atoms with Crippen molar-refractivity contribution in [2.24, 2.45) is 0 Å². The van der Waals surface area contributed by atoms with Gasteiger partial charge < -0.3 is 9.80 Å². The van der Waals surface area contributed by atoms with Gasteiger partial charge in [0, 0.05) is 37.6 Å². The molecule has 0 bridgehead atoms. The van der Waals surface area contributed by atoms with E-state index in [9.17, 15) is 18.0 Å². The summed E-state index contributed by atoms with van der Waals surface area (Å²) in [6, 6.07) is 6.53. The summed E-state index contributed by atoms with van der Waals surface area (Å²) in [6.07, 6.45) is 3.91. The van der Waals surface area contributed by atoms with Gasteiger partial charge in [0.05, 0.1) is 37.9 Å². The molecule has 0 radical (unpaired) electrons. The lowest BCUT2D eigenvalue weighted by Gasteiger charge is -2.44. The van der Waals surface area contributed by atoms with Crippen LogP contribution in [0.1, 0.15) is 44.9 Å². The van der Waals surface area contributed by atoms with Crippen LogP contribution in [0.4, 0.5) is 10.2 Å². The van der Waals surface area contributed by atoms with Crippen molar-refractivity contribution < 1.29 is 17.6 Å². The predicted molar refractivity (Wildman–Crippen MR) is 173 cm³/mol. The zero-order valence-corrected chi connectivity index (χ0v) is 27.4. The maximum atomic E-state index is 15.5. The van der Waals surface area contributed by atoms with Crippen molar-refractivity contribution in [3.8, 4) is 16.9 Å². The van der Waals surface area contributed by atoms with Gasteiger partial charge in [-0.3, -0.25) is 9.78 Å². The maximum Gasteiger partial charge on any atom is 0.355 e. The fraction of sp³-hybridized carbons (Fsp3) is 0.344. The van der Waals surface area contributed by atoms with Gasteiger partial charge in [-0.15, -0.1) is 0 Å². The lowest BCUT2D eigenvalue weighted by molar-refractivity contribution is -0.128. The van der Waals surface area contributed by atoms with Crippen molar-refractivity contribution in [1.82, 2.24) is 24.4 Å². The molecule has 45 heavy (non-hydrogen) atoms. The molecular weight excluding hydrogens is 619 g/mol. The Hall–Kier alpha value is -4.16. The summed E-state index contributed by atoms with van der Waals surface area (Å²) in [5, 5.41) is 0.361. The number of aryl methyl sites for hydroxylation is 1. The third-order valence-electron chi connectivity index (χ3n) is 8.05. The molecule has 13 heteroatoms. The number of rotatable bonds is 6. The molecule has 4 aromatic rings. The first-order valence-corrected chi connectivity index (χ1v) is 16.7. The number of benzene rings is 1. The second-order valence-electron chi connectivity index (χ2n) is 11.7. The van der Waals surface area contributed by atoms with E-state index in [2.05, 4.69) is 16.5 Å². The summed E-state index contributed by atoms with van der Waals surface area (Å²) in [5.74, 6) is -0.827. The average Bonchev–Trinajstić information content (AvgIpc) is 2.97. The van der Waals surface area contributed by atoms with Crippen LogP contribution >= 0.6 is 11.6 Å². The number of aromatic nitrogens is 4. The maximum absolute atomic E-state index is 15.5. The van der Waals surface area contributed by atoms with Crippen molar-refractivity contribution in [2.75, 3.05) is 24.2 Å². The first-order valence-electron chi connectivity index (χ1n) is 14.4. The minimum Gasteiger partial charge on any atom is -0.349 e. The van der Waals surface area contributed by atoms with Crippen LogP contribution in [-0.2, 0) is 14.6 Å². The smallest absolute Gasteiger partial charge is 0.349 e. The van der Waals surface area contributed by atoms with E-state index in [0.29, 0.717) is 35.7 Å². The Labute approximate surface area is 266 Å². The first-order chi connectivity index (χ1) is 21.1.